The minimum absolute atomic E-state index is 0. The van der Waals surface area contributed by atoms with E-state index in [1.807, 2.05) is 0 Å². The molecule has 15 heavy (non-hydrogen) atoms. The predicted octanol–water partition coefficient (Wildman–Crippen LogP) is 6.38. The number of halogens is 12. The molecule has 0 aromatic heterocycles. The number of hydrogen-bond donors (Lipinski definition) is 0. The Labute approximate surface area is 114 Å². The summed E-state index contributed by atoms with van der Waals surface area (Å²) < 4.78 is 118. The molecule has 0 unspecified atom stereocenters. The van der Waals surface area contributed by atoms with Gasteiger partial charge in [-0.05, 0) is 0 Å². The van der Waals surface area contributed by atoms with Crippen LogP contribution in [0.25, 0.3) is 0 Å². The molecule has 0 amide bonds. The van der Waals surface area contributed by atoms with Crippen LogP contribution in [0.1, 0.15) is 0 Å². The summed E-state index contributed by atoms with van der Waals surface area (Å²) in [6, 6.07) is 0. The largest absolute Gasteiger partial charge is 2.00 e. The van der Waals surface area contributed by atoms with Gasteiger partial charge in [0, 0.05) is 0 Å². The van der Waals surface area contributed by atoms with Crippen LogP contribution in [0.5, 0.6) is 0 Å². The van der Waals surface area contributed by atoms with Gasteiger partial charge in [0.15, 0.2) is 0 Å². The van der Waals surface area contributed by atoms with Crippen LogP contribution < -0.4 is 0 Å². The molecule has 0 bridgehead atoms. The van der Waals surface area contributed by atoms with Crippen molar-refractivity contribution < 1.29 is 50.4 Å². The minimum Gasteiger partial charge on any atom is 2.00 e. The van der Waals surface area contributed by atoms with E-state index in [1.165, 1.54) is 0 Å². The minimum atomic E-state index is -10.7. The summed E-state index contributed by atoms with van der Waals surface area (Å²) in [5.41, 5.74) is 0. The third-order valence-electron chi connectivity index (χ3n) is 0. The SMILES string of the molecule is F[P-](F)(F)(F)(F)F.F[P-](F)(F)(F)(F)F.[Ba+2]. The molecule has 0 nitrogen and oxygen atoms in total. The van der Waals surface area contributed by atoms with E-state index in [4.69, 9.17) is 0 Å². The zero-order valence-electron chi connectivity index (χ0n) is 6.14. The summed E-state index contributed by atoms with van der Waals surface area (Å²) >= 11 is 0. The second-order valence-corrected chi connectivity index (χ2v) is 5.75. The molecule has 0 saturated heterocycles. The second kappa shape index (κ2) is 3.33. The van der Waals surface area contributed by atoms with Crippen LogP contribution in [0.3, 0.4) is 0 Å². The van der Waals surface area contributed by atoms with Gasteiger partial charge in [-0.2, -0.15) is 0 Å². The van der Waals surface area contributed by atoms with Crippen LogP contribution in [0.4, 0.5) is 50.4 Å². The normalized spacial score (nSPS) is 21.6. The van der Waals surface area contributed by atoms with E-state index in [0.29, 0.717) is 0 Å². The van der Waals surface area contributed by atoms with Crippen molar-refractivity contribution in [2.24, 2.45) is 0 Å². The summed E-state index contributed by atoms with van der Waals surface area (Å²) in [6.07, 6.45) is 0. The predicted molar refractivity (Wildman–Crippen MR) is 32.9 cm³/mol. The monoisotopic (exact) mass is 428 g/mol. The molecule has 0 heterocycles. The van der Waals surface area contributed by atoms with Gasteiger partial charge in [-0.25, -0.2) is 0 Å². The Balaban J connectivity index is -0.000000180. The van der Waals surface area contributed by atoms with Crippen LogP contribution in [0, 0.1) is 0 Å². The standard InChI is InChI=1S/Ba.2F6P/c;2*1-7(2,3,4,5)6/q+2;2*-1. The summed E-state index contributed by atoms with van der Waals surface area (Å²) in [4.78, 5) is 0. The molecule has 0 N–H and O–H groups in total. The van der Waals surface area contributed by atoms with Gasteiger partial charge in [-0.1, -0.05) is 0 Å². The van der Waals surface area contributed by atoms with E-state index >= 15 is 0 Å². The summed E-state index contributed by atoms with van der Waals surface area (Å²) in [5, 5.41) is 0. The first-order chi connectivity index (χ1) is 4.90. The van der Waals surface area contributed by atoms with Gasteiger partial charge in [-0.3, -0.25) is 0 Å². The van der Waals surface area contributed by atoms with E-state index < -0.39 is 15.6 Å². The smallest absolute Gasteiger partial charge is 2.00 e. The van der Waals surface area contributed by atoms with Gasteiger partial charge >= 0.3 is 115 Å². The topological polar surface area (TPSA) is 0 Å². The first-order valence-electron chi connectivity index (χ1n) is 2.03. The van der Waals surface area contributed by atoms with Gasteiger partial charge in [0.2, 0.25) is 0 Å². The van der Waals surface area contributed by atoms with Gasteiger partial charge < -0.3 is 0 Å². The first-order valence-corrected chi connectivity index (χ1v) is 6.09. The van der Waals surface area contributed by atoms with Crippen LogP contribution in [-0.4, -0.2) is 48.9 Å². The third-order valence-corrected chi connectivity index (χ3v) is 0. The molecule has 0 saturated carbocycles. The zero-order valence-corrected chi connectivity index (χ0v) is 12.4. The van der Waals surface area contributed by atoms with Crippen LogP contribution in [0.2, 0.25) is 0 Å². The van der Waals surface area contributed by atoms with Crippen molar-refractivity contribution in [2.75, 3.05) is 0 Å². The molecule has 96 valence electrons. The van der Waals surface area contributed by atoms with Crippen molar-refractivity contribution in [2.45, 2.75) is 0 Å². The summed E-state index contributed by atoms with van der Waals surface area (Å²) in [5.74, 6) is 0. The zero-order chi connectivity index (χ0) is 12.8. The molecule has 0 aromatic carbocycles. The molecule has 15 heteroatoms. The van der Waals surface area contributed by atoms with Gasteiger partial charge in [0.05, 0.1) is 0 Å². The maximum atomic E-state index is 9.87. The van der Waals surface area contributed by atoms with Crippen molar-refractivity contribution in [3.63, 3.8) is 0 Å². The van der Waals surface area contributed by atoms with Crippen molar-refractivity contribution in [3.8, 4) is 0 Å². The van der Waals surface area contributed by atoms with Crippen molar-refractivity contribution in [1.29, 1.82) is 0 Å². The van der Waals surface area contributed by atoms with Gasteiger partial charge in [0.25, 0.3) is 0 Å². The molecule has 0 radical (unpaired) electrons. The van der Waals surface area contributed by atoms with Gasteiger partial charge in [0.1, 0.15) is 0 Å². The Hall–Kier alpha value is 1.59. The molecule has 0 aliphatic carbocycles. The summed E-state index contributed by atoms with van der Waals surface area (Å²) in [6.45, 7) is 0. The van der Waals surface area contributed by atoms with Crippen molar-refractivity contribution >= 4 is 64.5 Å². The Bertz CT molecular complexity index is 161. The van der Waals surface area contributed by atoms with Crippen molar-refractivity contribution in [3.05, 3.63) is 0 Å². The Kier molecular flexibility index (Phi) is 4.84. The van der Waals surface area contributed by atoms with Crippen LogP contribution >= 0.6 is 15.6 Å². The molecule has 0 aromatic rings. The van der Waals surface area contributed by atoms with E-state index in [0.717, 1.165) is 0 Å². The van der Waals surface area contributed by atoms with E-state index in [2.05, 4.69) is 0 Å². The Morgan fingerprint density at radius 3 is 0.333 bits per heavy atom. The second-order valence-electron chi connectivity index (χ2n) is 1.92. The number of hydrogen-bond acceptors (Lipinski definition) is 0. The maximum Gasteiger partial charge on any atom is 2.00 e. The molecule has 0 rings (SSSR count). The first kappa shape index (κ1) is 21.8. The molecule has 0 spiro atoms. The van der Waals surface area contributed by atoms with E-state index in [9.17, 15) is 50.4 Å². The van der Waals surface area contributed by atoms with Crippen LogP contribution in [-0.2, 0) is 0 Å². The fourth-order valence-corrected chi connectivity index (χ4v) is 0. The number of rotatable bonds is 0. The van der Waals surface area contributed by atoms with E-state index in [-0.39, 0.29) is 48.9 Å². The third kappa shape index (κ3) is 1140. The summed E-state index contributed by atoms with van der Waals surface area (Å²) in [7, 11) is -21.3. The Morgan fingerprint density at radius 1 is 0.333 bits per heavy atom. The maximum absolute atomic E-state index is 10.7. The van der Waals surface area contributed by atoms with Crippen LogP contribution in [0.15, 0.2) is 0 Å². The molecule has 0 fully saturated rings. The quantitative estimate of drug-likeness (QED) is 0.239. The average molecular weight is 427 g/mol. The molecule has 0 aliphatic rings. The molecular formula is BaF12P2. The average Bonchev–Trinajstić information content (AvgIpc) is 0.938. The van der Waals surface area contributed by atoms with Crippen molar-refractivity contribution in [1.82, 2.24) is 0 Å². The fraction of sp³-hybridized carbons (Fsp3) is 0. The molecular weight excluding hydrogens is 427 g/mol. The molecule has 0 atom stereocenters. The fourth-order valence-electron chi connectivity index (χ4n) is 0. The molecule has 0 aliphatic heterocycles. The van der Waals surface area contributed by atoms with Gasteiger partial charge in [-0.15, -0.1) is 0 Å². The van der Waals surface area contributed by atoms with E-state index in [1.54, 1.807) is 0 Å². The Morgan fingerprint density at radius 2 is 0.333 bits per heavy atom.